The number of anilines is 1. The van der Waals surface area contributed by atoms with Gasteiger partial charge in [-0.25, -0.2) is 0 Å². The molecule has 1 unspecified atom stereocenters. The zero-order chi connectivity index (χ0) is 13.8. The summed E-state index contributed by atoms with van der Waals surface area (Å²) in [6.45, 7) is 2.93. The number of hydrogen-bond donors (Lipinski definition) is 1. The first-order valence-electron chi connectivity index (χ1n) is 6.22. The van der Waals surface area contributed by atoms with E-state index in [4.69, 9.17) is 17.3 Å². The van der Waals surface area contributed by atoms with Crippen LogP contribution in [0.5, 0.6) is 0 Å². The van der Waals surface area contributed by atoms with Crippen molar-refractivity contribution in [2.24, 2.45) is 0 Å². The predicted molar refractivity (Wildman–Crippen MR) is 80.0 cm³/mol. The number of aromatic nitrogens is 1. The standard InChI is InChI=1S/C15H18ClN3/c1-11(12-4-3-5-14(17)8-12)19(2)10-13-6-7-18-9-15(13)16/h3-9,11H,10,17H2,1-2H3. The normalized spacial score (nSPS) is 12.6. The van der Waals surface area contributed by atoms with Crippen LogP contribution in [-0.2, 0) is 6.54 Å². The molecule has 1 atom stereocenters. The fraction of sp³-hybridized carbons (Fsp3) is 0.267. The molecular weight excluding hydrogens is 258 g/mol. The van der Waals surface area contributed by atoms with Crippen molar-refractivity contribution < 1.29 is 0 Å². The van der Waals surface area contributed by atoms with Crippen LogP contribution in [0.25, 0.3) is 0 Å². The van der Waals surface area contributed by atoms with Gasteiger partial charge in [0.15, 0.2) is 0 Å². The van der Waals surface area contributed by atoms with Crippen LogP contribution in [0, 0.1) is 0 Å². The van der Waals surface area contributed by atoms with Crippen molar-refractivity contribution in [2.75, 3.05) is 12.8 Å². The highest BCUT2D eigenvalue weighted by Gasteiger charge is 2.13. The minimum Gasteiger partial charge on any atom is -0.399 e. The molecule has 2 aromatic rings. The maximum absolute atomic E-state index is 6.14. The second-order valence-electron chi connectivity index (χ2n) is 4.73. The lowest BCUT2D eigenvalue weighted by Crippen LogP contribution is -2.22. The number of nitrogens with two attached hydrogens (primary N) is 1. The van der Waals surface area contributed by atoms with Gasteiger partial charge in [0, 0.05) is 30.7 Å². The van der Waals surface area contributed by atoms with Gasteiger partial charge in [-0.2, -0.15) is 0 Å². The summed E-state index contributed by atoms with van der Waals surface area (Å²) in [6, 6.07) is 10.2. The molecule has 0 aliphatic carbocycles. The first kappa shape index (κ1) is 13.8. The number of pyridine rings is 1. The van der Waals surface area contributed by atoms with Gasteiger partial charge in [-0.1, -0.05) is 23.7 Å². The van der Waals surface area contributed by atoms with Gasteiger partial charge in [-0.05, 0) is 43.3 Å². The average Bonchev–Trinajstić information content (AvgIpc) is 2.40. The van der Waals surface area contributed by atoms with E-state index in [2.05, 4.69) is 29.9 Å². The summed E-state index contributed by atoms with van der Waals surface area (Å²) in [5, 5.41) is 0.703. The van der Waals surface area contributed by atoms with Gasteiger partial charge in [0.1, 0.15) is 0 Å². The molecule has 3 nitrogen and oxygen atoms in total. The van der Waals surface area contributed by atoms with Gasteiger partial charge in [0.05, 0.1) is 5.02 Å². The van der Waals surface area contributed by atoms with Crippen LogP contribution < -0.4 is 5.73 Å². The summed E-state index contributed by atoms with van der Waals surface area (Å²) in [6.07, 6.45) is 3.44. The van der Waals surface area contributed by atoms with Crippen molar-refractivity contribution in [1.29, 1.82) is 0 Å². The summed E-state index contributed by atoms with van der Waals surface area (Å²) in [7, 11) is 2.07. The van der Waals surface area contributed by atoms with Crippen molar-refractivity contribution in [3.05, 3.63) is 58.9 Å². The third-order valence-electron chi connectivity index (χ3n) is 3.33. The number of halogens is 1. The molecule has 2 rings (SSSR count). The van der Waals surface area contributed by atoms with Crippen LogP contribution in [0.1, 0.15) is 24.1 Å². The van der Waals surface area contributed by atoms with E-state index in [1.807, 2.05) is 24.3 Å². The molecule has 0 saturated heterocycles. The number of hydrogen-bond acceptors (Lipinski definition) is 3. The Morgan fingerprint density at radius 2 is 2.16 bits per heavy atom. The second-order valence-corrected chi connectivity index (χ2v) is 5.14. The number of benzene rings is 1. The summed E-state index contributed by atoms with van der Waals surface area (Å²) in [5.41, 5.74) is 8.90. The molecule has 0 aliphatic rings. The summed E-state index contributed by atoms with van der Waals surface area (Å²) < 4.78 is 0. The minimum absolute atomic E-state index is 0.271. The summed E-state index contributed by atoms with van der Waals surface area (Å²) in [5.74, 6) is 0. The Balaban J connectivity index is 2.12. The van der Waals surface area contributed by atoms with Crippen molar-refractivity contribution >= 4 is 17.3 Å². The number of nitrogens with zero attached hydrogens (tertiary/aromatic N) is 2. The Labute approximate surface area is 119 Å². The maximum Gasteiger partial charge on any atom is 0.0634 e. The van der Waals surface area contributed by atoms with Crippen LogP contribution >= 0.6 is 11.6 Å². The van der Waals surface area contributed by atoms with Gasteiger partial charge >= 0.3 is 0 Å². The topological polar surface area (TPSA) is 42.1 Å². The molecule has 0 bridgehead atoms. The largest absolute Gasteiger partial charge is 0.399 e. The van der Waals surface area contributed by atoms with Gasteiger partial charge in [-0.15, -0.1) is 0 Å². The van der Waals surface area contributed by atoms with Crippen LogP contribution in [-0.4, -0.2) is 16.9 Å². The Morgan fingerprint density at radius 1 is 1.37 bits per heavy atom. The lowest BCUT2D eigenvalue weighted by Gasteiger charge is -2.25. The van der Waals surface area contributed by atoms with Crippen LogP contribution in [0.3, 0.4) is 0 Å². The minimum atomic E-state index is 0.271. The number of nitrogen functional groups attached to an aromatic ring is 1. The molecule has 2 N–H and O–H groups in total. The van der Waals surface area contributed by atoms with E-state index in [1.165, 1.54) is 5.56 Å². The average molecular weight is 276 g/mol. The van der Waals surface area contributed by atoms with E-state index in [-0.39, 0.29) is 6.04 Å². The molecule has 1 aromatic carbocycles. The molecule has 0 amide bonds. The molecule has 0 saturated carbocycles. The van der Waals surface area contributed by atoms with Crippen LogP contribution in [0.4, 0.5) is 5.69 Å². The van der Waals surface area contributed by atoms with Gasteiger partial charge < -0.3 is 5.73 Å². The molecule has 0 spiro atoms. The summed E-state index contributed by atoms with van der Waals surface area (Å²) >= 11 is 6.14. The predicted octanol–water partition coefficient (Wildman–Crippen LogP) is 3.51. The van der Waals surface area contributed by atoms with E-state index < -0.39 is 0 Å². The Kier molecular flexibility index (Phi) is 4.40. The molecule has 1 aromatic heterocycles. The van der Waals surface area contributed by atoms with Crippen LogP contribution in [0.15, 0.2) is 42.7 Å². The monoisotopic (exact) mass is 275 g/mol. The van der Waals surface area contributed by atoms with E-state index in [0.29, 0.717) is 5.02 Å². The molecule has 100 valence electrons. The number of rotatable bonds is 4. The zero-order valence-electron chi connectivity index (χ0n) is 11.2. The highest BCUT2D eigenvalue weighted by Crippen LogP contribution is 2.24. The second kappa shape index (κ2) is 6.04. The first-order valence-corrected chi connectivity index (χ1v) is 6.60. The Hall–Kier alpha value is -1.58. The molecule has 0 fully saturated rings. The highest BCUT2D eigenvalue weighted by molar-refractivity contribution is 6.31. The van der Waals surface area contributed by atoms with Gasteiger partial charge in [0.25, 0.3) is 0 Å². The highest BCUT2D eigenvalue weighted by atomic mass is 35.5. The zero-order valence-corrected chi connectivity index (χ0v) is 11.9. The van der Waals surface area contributed by atoms with Gasteiger partial charge in [-0.3, -0.25) is 9.88 Å². The summed E-state index contributed by atoms with van der Waals surface area (Å²) in [4.78, 5) is 6.23. The molecule has 1 heterocycles. The smallest absolute Gasteiger partial charge is 0.0634 e. The van der Waals surface area contributed by atoms with E-state index in [1.54, 1.807) is 12.4 Å². The Morgan fingerprint density at radius 3 is 2.84 bits per heavy atom. The van der Waals surface area contributed by atoms with E-state index in [9.17, 15) is 0 Å². The lowest BCUT2D eigenvalue weighted by atomic mass is 10.1. The van der Waals surface area contributed by atoms with Gasteiger partial charge in [0.2, 0.25) is 0 Å². The molecule has 0 aliphatic heterocycles. The SMILES string of the molecule is CC(c1cccc(N)c1)N(C)Cc1ccncc1Cl. The van der Waals surface area contributed by atoms with Crippen molar-refractivity contribution in [3.63, 3.8) is 0 Å². The van der Waals surface area contributed by atoms with Crippen molar-refractivity contribution in [1.82, 2.24) is 9.88 Å². The molecular formula is C15H18ClN3. The molecule has 4 heteroatoms. The fourth-order valence-electron chi connectivity index (χ4n) is 2.01. The lowest BCUT2D eigenvalue weighted by molar-refractivity contribution is 0.253. The Bertz CT molecular complexity index is 557. The first-order chi connectivity index (χ1) is 9.08. The van der Waals surface area contributed by atoms with E-state index >= 15 is 0 Å². The third-order valence-corrected chi connectivity index (χ3v) is 3.67. The van der Waals surface area contributed by atoms with Crippen LogP contribution in [0.2, 0.25) is 5.02 Å². The fourth-order valence-corrected chi connectivity index (χ4v) is 2.19. The van der Waals surface area contributed by atoms with Crippen molar-refractivity contribution in [3.8, 4) is 0 Å². The third kappa shape index (κ3) is 3.46. The van der Waals surface area contributed by atoms with Crippen molar-refractivity contribution in [2.45, 2.75) is 19.5 Å². The maximum atomic E-state index is 6.14. The quantitative estimate of drug-likeness (QED) is 0.868. The molecule has 0 radical (unpaired) electrons. The van der Waals surface area contributed by atoms with E-state index in [0.717, 1.165) is 17.8 Å². The molecule has 19 heavy (non-hydrogen) atoms.